The van der Waals surface area contributed by atoms with Crippen molar-refractivity contribution < 1.29 is 19.1 Å². The molecule has 0 amide bonds. The first-order valence-electron chi connectivity index (χ1n) is 10.7. The molecule has 0 radical (unpaired) electrons. The number of hydrogen-bond acceptors (Lipinski definition) is 4. The maximum Gasteiger partial charge on any atom is 0.311 e. The SMILES string of the molecule is CCCCOC(=O)C(C)(CC(C)CC(=O)OCC)CC(CC)c1ccccc1. The van der Waals surface area contributed by atoms with Gasteiger partial charge in [-0.2, -0.15) is 0 Å². The minimum atomic E-state index is -0.629. The molecule has 158 valence electrons. The maximum atomic E-state index is 13.0. The number of ether oxygens (including phenoxy) is 2. The van der Waals surface area contributed by atoms with E-state index in [2.05, 4.69) is 26.0 Å². The predicted octanol–water partition coefficient (Wildman–Crippen LogP) is 5.90. The van der Waals surface area contributed by atoms with Gasteiger partial charge in [0.1, 0.15) is 0 Å². The number of carbonyl (C=O) groups excluding carboxylic acids is 2. The molecule has 1 aromatic rings. The van der Waals surface area contributed by atoms with Crippen molar-refractivity contribution in [1.82, 2.24) is 0 Å². The van der Waals surface area contributed by atoms with Crippen LogP contribution in [0.4, 0.5) is 0 Å². The van der Waals surface area contributed by atoms with Crippen molar-refractivity contribution in [2.45, 2.75) is 79.1 Å². The summed E-state index contributed by atoms with van der Waals surface area (Å²) in [5, 5.41) is 0. The van der Waals surface area contributed by atoms with Gasteiger partial charge in [0.05, 0.1) is 18.6 Å². The lowest BCUT2D eigenvalue weighted by atomic mass is 9.72. The van der Waals surface area contributed by atoms with Crippen molar-refractivity contribution in [3.63, 3.8) is 0 Å². The van der Waals surface area contributed by atoms with E-state index in [1.165, 1.54) is 5.56 Å². The van der Waals surface area contributed by atoms with E-state index in [4.69, 9.17) is 9.47 Å². The Hall–Kier alpha value is -1.84. The molecule has 0 aliphatic heterocycles. The Labute approximate surface area is 171 Å². The molecule has 0 aliphatic carbocycles. The highest BCUT2D eigenvalue weighted by Crippen LogP contribution is 2.40. The van der Waals surface area contributed by atoms with E-state index in [0.29, 0.717) is 32.5 Å². The molecule has 0 fully saturated rings. The Morgan fingerprint density at radius 1 is 1.04 bits per heavy atom. The van der Waals surface area contributed by atoms with Crippen LogP contribution in [0.1, 0.15) is 84.6 Å². The molecular formula is C24H38O4. The van der Waals surface area contributed by atoms with E-state index in [9.17, 15) is 9.59 Å². The molecule has 4 nitrogen and oxygen atoms in total. The number of carbonyl (C=O) groups is 2. The molecule has 0 spiro atoms. The van der Waals surface area contributed by atoms with Crippen molar-refractivity contribution in [2.75, 3.05) is 13.2 Å². The highest BCUT2D eigenvalue weighted by atomic mass is 16.5. The molecule has 28 heavy (non-hydrogen) atoms. The van der Waals surface area contributed by atoms with Gasteiger partial charge in [0.25, 0.3) is 0 Å². The van der Waals surface area contributed by atoms with Crippen molar-refractivity contribution >= 4 is 11.9 Å². The highest BCUT2D eigenvalue weighted by molar-refractivity contribution is 5.77. The van der Waals surface area contributed by atoms with Gasteiger partial charge in [-0.25, -0.2) is 0 Å². The van der Waals surface area contributed by atoms with E-state index in [1.807, 2.05) is 39.0 Å². The topological polar surface area (TPSA) is 52.6 Å². The molecule has 0 N–H and O–H groups in total. The van der Waals surface area contributed by atoms with E-state index in [0.717, 1.165) is 19.3 Å². The Morgan fingerprint density at radius 2 is 1.71 bits per heavy atom. The van der Waals surface area contributed by atoms with Crippen molar-refractivity contribution in [3.8, 4) is 0 Å². The molecule has 0 saturated heterocycles. The summed E-state index contributed by atoms with van der Waals surface area (Å²) in [6, 6.07) is 10.3. The standard InChI is InChI=1S/C24H38O4/c1-6-9-15-28-23(26)24(5,17-19(4)16-22(25)27-8-3)18-20(7-2)21-13-11-10-12-14-21/h10-14,19-20H,6-9,15-18H2,1-5H3. The van der Waals surface area contributed by atoms with Crippen LogP contribution in [-0.4, -0.2) is 25.2 Å². The van der Waals surface area contributed by atoms with Gasteiger partial charge in [-0.15, -0.1) is 0 Å². The van der Waals surface area contributed by atoms with Gasteiger partial charge in [0, 0.05) is 6.42 Å². The normalized spacial score (nSPS) is 15.3. The fraction of sp³-hybridized carbons (Fsp3) is 0.667. The minimum absolute atomic E-state index is 0.0519. The van der Waals surface area contributed by atoms with Crippen LogP contribution in [0.3, 0.4) is 0 Å². The molecule has 4 heteroatoms. The molecule has 0 saturated carbocycles. The van der Waals surface area contributed by atoms with Crippen LogP contribution >= 0.6 is 0 Å². The summed E-state index contributed by atoms with van der Waals surface area (Å²) in [5.41, 5.74) is 0.617. The molecule has 3 atom stereocenters. The van der Waals surface area contributed by atoms with Crippen molar-refractivity contribution in [2.24, 2.45) is 11.3 Å². The summed E-state index contributed by atoms with van der Waals surface area (Å²) in [6.07, 6.45) is 4.47. The van der Waals surface area contributed by atoms with Gasteiger partial charge in [-0.05, 0) is 56.9 Å². The fourth-order valence-corrected chi connectivity index (χ4v) is 3.85. The molecule has 0 heterocycles. The number of unbranched alkanes of at least 4 members (excludes halogenated alkanes) is 1. The van der Waals surface area contributed by atoms with Crippen LogP contribution in [0.2, 0.25) is 0 Å². The summed E-state index contributed by atoms with van der Waals surface area (Å²) in [7, 11) is 0. The summed E-state index contributed by atoms with van der Waals surface area (Å²) >= 11 is 0. The highest BCUT2D eigenvalue weighted by Gasteiger charge is 2.39. The summed E-state index contributed by atoms with van der Waals surface area (Å²) in [5.74, 6) is -0.0198. The lowest BCUT2D eigenvalue weighted by Gasteiger charge is -2.33. The van der Waals surface area contributed by atoms with Gasteiger partial charge in [0.2, 0.25) is 0 Å². The number of esters is 2. The van der Waals surface area contributed by atoms with E-state index < -0.39 is 5.41 Å². The third-order valence-corrected chi connectivity index (χ3v) is 5.30. The average Bonchev–Trinajstić information content (AvgIpc) is 2.66. The van der Waals surface area contributed by atoms with Crippen LogP contribution in [-0.2, 0) is 19.1 Å². The third kappa shape index (κ3) is 8.04. The zero-order chi connectivity index (χ0) is 21.0. The number of benzene rings is 1. The van der Waals surface area contributed by atoms with Gasteiger partial charge in [-0.1, -0.05) is 57.5 Å². The van der Waals surface area contributed by atoms with E-state index in [-0.39, 0.29) is 23.8 Å². The first kappa shape index (κ1) is 24.2. The Bertz CT molecular complexity index is 584. The first-order valence-corrected chi connectivity index (χ1v) is 10.7. The Balaban J connectivity index is 2.95. The lowest BCUT2D eigenvalue weighted by molar-refractivity contribution is -0.158. The first-order chi connectivity index (χ1) is 13.4. The van der Waals surface area contributed by atoms with Crippen molar-refractivity contribution in [1.29, 1.82) is 0 Å². The van der Waals surface area contributed by atoms with E-state index in [1.54, 1.807) is 0 Å². The second kappa shape index (κ2) is 12.6. The maximum absolute atomic E-state index is 13.0. The van der Waals surface area contributed by atoms with Gasteiger partial charge in [-0.3, -0.25) is 9.59 Å². The van der Waals surface area contributed by atoms with Gasteiger partial charge >= 0.3 is 11.9 Å². The van der Waals surface area contributed by atoms with Gasteiger partial charge in [0.15, 0.2) is 0 Å². The summed E-state index contributed by atoms with van der Waals surface area (Å²) < 4.78 is 10.7. The second-order valence-electron chi connectivity index (χ2n) is 8.09. The number of hydrogen-bond donors (Lipinski definition) is 0. The molecule has 1 rings (SSSR count). The second-order valence-corrected chi connectivity index (χ2v) is 8.09. The predicted molar refractivity (Wildman–Crippen MR) is 113 cm³/mol. The smallest absolute Gasteiger partial charge is 0.311 e. The quantitative estimate of drug-likeness (QED) is 0.311. The molecule has 3 unspecified atom stereocenters. The van der Waals surface area contributed by atoms with Crippen LogP contribution in [0.5, 0.6) is 0 Å². The monoisotopic (exact) mass is 390 g/mol. The Morgan fingerprint density at radius 3 is 2.29 bits per heavy atom. The summed E-state index contributed by atoms with van der Waals surface area (Å²) in [4.78, 5) is 24.9. The van der Waals surface area contributed by atoms with Crippen LogP contribution in [0, 0.1) is 11.3 Å². The zero-order valence-corrected chi connectivity index (χ0v) is 18.3. The van der Waals surface area contributed by atoms with Crippen LogP contribution in [0.15, 0.2) is 30.3 Å². The molecule has 0 aliphatic rings. The summed E-state index contributed by atoms with van der Waals surface area (Å²) in [6.45, 7) is 10.9. The van der Waals surface area contributed by atoms with E-state index >= 15 is 0 Å². The fourth-order valence-electron chi connectivity index (χ4n) is 3.85. The third-order valence-electron chi connectivity index (χ3n) is 5.30. The zero-order valence-electron chi connectivity index (χ0n) is 18.3. The molecule has 0 bridgehead atoms. The number of rotatable bonds is 13. The van der Waals surface area contributed by atoms with Crippen molar-refractivity contribution in [3.05, 3.63) is 35.9 Å². The van der Waals surface area contributed by atoms with Crippen LogP contribution < -0.4 is 0 Å². The Kier molecular flexibility index (Phi) is 10.9. The lowest BCUT2D eigenvalue weighted by Crippen LogP contribution is -2.34. The molecule has 0 aromatic heterocycles. The van der Waals surface area contributed by atoms with Gasteiger partial charge < -0.3 is 9.47 Å². The molecule has 1 aromatic carbocycles. The minimum Gasteiger partial charge on any atom is -0.466 e. The van der Waals surface area contributed by atoms with Crippen LogP contribution in [0.25, 0.3) is 0 Å². The largest absolute Gasteiger partial charge is 0.466 e. The molecular weight excluding hydrogens is 352 g/mol. The average molecular weight is 391 g/mol.